The molecule has 0 saturated heterocycles. The number of aromatic nitrogens is 2. The lowest BCUT2D eigenvalue weighted by molar-refractivity contribution is 0.309. The molecule has 19 heavy (non-hydrogen) atoms. The van der Waals surface area contributed by atoms with Crippen molar-refractivity contribution in [2.75, 3.05) is 11.9 Å². The van der Waals surface area contributed by atoms with Gasteiger partial charge in [-0.3, -0.25) is 0 Å². The number of nitrogens with zero attached hydrogens (tertiary/aromatic N) is 2. The molecule has 1 aromatic carbocycles. The molecule has 5 heteroatoms. The Hall–Kier alpha value is -1.81. The third-order valence-corrected chi connectivity index (χ3v) is 2.68. The molecule has 1 heterocycles. The van der Waals surface area contributed by atoms with Crippen LogP contribution in [0.3, 0.4) is 0 Å². The van der Waals surface area contributed by atoms with Crippen molar-refractivity contribution in [3.05, 3.63) is 41.8 Å². The second-order valence-electron chi connectivity index (χ2n) is 4.07. The van der Waals surface area contributed by atoms with Gasteiger partial charge in [-0.2, -0.15) is 0 Å². The molecule has 100 valence electrons. The monoisotopic (exact) mass is 277 g/mol. The highest BCUT2D eigenvalue weighted by Crippen LogP contribution is 2.21. The fraction of sp³-hybridized carbons (Fsp3) is 0.286. The van der Waals surface area contributed by atoms with E-state index in [1.54, 1.807) is 12.3 Å². The van der Waals surface area contributed by atoms with Crippen LogP contribution in [0, 0.1) is 0 Å². The lowest BCUT2D eigenvalue weighted by atomic mass is 10.3. The number of ether oxygens (including phenoxy) is 1. The summed E-state index contributed by atoms with van der Waals surface area (Å²) in [5.74, 6) is 1.50. The summed E-state index contributed by atoms with van der Waals surface area (Å²) in [6.07, 6.45) is 3.79. The molecule has 0 saturated carbocycles. The number of hydrogen-bond donors (Lipinski definition) is 1. The zero-order valence-corrected chi connectivity index (χ0v) is 11.5. The first-order chi connectivity index (χ1) is 9.28. The van der Waals surface area contributed by atoms with E-state index < -0.39 is 0 Å². The minimum Gasteiger partial charge on any atom is -0.494 e. The van der Waals surface area contributed by atoms with Crippen LogP contribution >= 0.6 is 11.6 Å². The highest BCUT2D eigenvalue weighted by molar-refractivity contribution is 6.28. The van der Waals surface area contributed by atoms with Crippen molar-refractivity contribution >= 4 is 23.1 Å². The van der Waals surface area contributed by atoms with E-state index in [1.165, 1.54) is 0 Å². The molecule has 0 amide bonds. The molecular formula is C14H16ClN3O. The van der Waals surface area contributed by atoms with Crippen LogP contribution in [0.2, 0.25) is 5.28 Å². The van der Waals surface area contributed by atoms with Crippen LogP contribution in [-0.2, 0) is 0 Å². The van der Waals surface area contributed by atoms with Crippen LogP contribution in [0.25, 0.3) is 0 Å². The maximum atomic E-state index is 5.74. The first-order valence-corrected chi connectivity index (χ1v) is 6.64. The maximum absolute atomic E-state index is 5.74. The normalized spacial score (nSPS) is 10.2. The van der Waals surface area contributed by atoms with Gasteiger partial charge >= 0.3 is 0 Å². The molecule has 0 bridgehead atoms. The fourth-order valence-corrected chi connectivity index (χ4v) is 1.70. The van der Waals surface area contributed by atoms with Gasteiger partial charge in [0.05, 0.1) is 6.61 Å². The molecule has 0 aliphatic carbocycles. The summed E-state index contributed by atoms with van der Waals surface area (Å²) in [6, 6.07) is 9.52. The third kappa shape index (κ3) is 4.41. The Kier molecular flexibility index (Phi) is 4.98. The topological polar surface area (TPSA) is 47.0 Å². The summed E-state index contributed by atoms with van der Waals surface area (Å²) >= 11 is 5.74. The second-order valence-corrected chi connectivity index (χ2v) is 4.40. The molecule has 4 nitrogen and oxygen atoms in total. The van der Waals surface area contributed by atoms with E-state index in [9.17, 15) is 0 Å². The second kappa shape index (κ2) is 6.95. The van der Waals surface area contributed by atoms with Gasteiger partial charge in [-0.25, -0.2) is 9.97 Å². The zero-order valence-electron chi connectivity index (χ0n) is 10.8. The summed E-state index contributed by atoms with van der Waals surface area (Å²) in [6.45, 7) is 2.87. The van der Waals surface area contributed by atoms with Crippen LogP contribution in [0.4, 0.5) is 11.5 Å². The zero-order chi connectivity index (χ0) is 13.5. The molecule has 0 aliphatic rings. The van der Waals surface area contributed by atoms with Crippen molar-refractivity contribution in [3.8, 4) is 5.75 Å². The maximum Gasteiger partial charge on any atom is 0.224 e. The van der Waals surface area contributed by atoms with E-state index in [-0.39, 0.29) is 5.28 Å². The predicted molar refractivity (Wildman–Crippen MR) is 77.2 cm³/mol. The van der Waals surface area contributed by atoms with E-state index in [1.807, 2.05) is 24.3 Å². The minimum absolute atomic E-state index is 0.223. The largest absolute Gasteiger partial charge is 0.494 e. The summed E-state index contributed by atoms with van der Waals surface area (Å²) in [7, 11) is 0. The van der Waals surface area contributed by atoms with Gasteiger partial charge < -0.3 is 10.1 Å². The quantitative estimate of drug-likeness (QED) is 0.639. The number of benzene rings is 1. The molecule has 0 radical (unpaired) electrons. The van der Waals surface area contributed by atoms with E-state index in [0.29, 0.717) is 5.82 Å². The van der Waals surface area contributed by atoms with Gasteiger partial charge in [-0.15, -0.1) is 0 Å². The lowest BCUT2D eigenvalue weighted by Gasteiger charge is -2.09. The smallest absolute Gasteiger partial charge is 0.224 e. The van der Waals surface area contributed by atoms with Gasteiger partial charge in [0, 0.05) is 18.0 Å². The molecule has 0 aliphatic heterocycles. The van der Waals surface area contributed by atoms with Crippen molar-refractivity contribution in [2.45, 2.75) is 19.8 Å². The van der Waals surface area contributed by atoms with Crippen molar-refractivity contribution in [1.29, 1.82) is 0 Å². The van der Waals surface area contributed by atoms with E-state index >= 15 is 0 Å². The molecule has 2 rings (SSSR count). The van der Waals surface area contributed by atoms with Crippen LogP contribution in [0.5, 0.6) is 5.75 Å². The Morgan fingerprint density at radius 2 is 2.21 bits per heavy atom. The third-order valence-electron chi connectivity index (χ3n) is 2.50. The van der Waals surface area contributed by atoms with Gasteiger partial charge in [0.2, 0.25) is 5.28 Å². The fourth-order valence-electron chi connectivity index (χ4n) is 1.55. The Morgan fingerprint density at radius 3 is 3.00 bits per heavy atom. The van der Waals surface area contributed by atoms with Gasteiger partial charge in [0.25, 0.3) is 0 Å². The average Bonchev–Trinajstić information content (AvgIpc) is 2.39. The first kappa shape index (κ1) is 13.6. The SMILES string of the molecule is CCCCOc1cccc(Nc2ccnc(Cl)n2)c1. The molecule has 2 aromatic rings. The number of nitrogens with one attached hydrogen (secondary N) is 1. The number of anilines is 2. The van der Waals surface area contributed by atoms with E-state index in [2.05, 4.69) is 22.2 Å². The predicted octanol–water partition coefficient (Wildman–Crippen LogP) is 4.05. The van der Waals surface area contributed by atoms with E-state index in [4.69, 9.17) is 16.3 Å². The van der Waals surface area contributed by atoms with Crippen molar-refractivity contribution in [1.82, 2.24) is 9.97 Å². The van der Waals surface area contributed by atoms with Gasteiger partial charge in [0.1, 0.15) is 11.6 Å². The Bertz CT molecular complexity index is 534. The summed E-state index contributed by atoms with van der Waals surface area (Å²) in [5.41, 5.74) is 0.906. The van der Waals surface area contributed by atoms with Crippen molar-refractivity contribution in [3.63, 3.8) is 0 Å². The number of unbranched alkanes of at least 4 members (excludes halogenated alkanes) is 1. The minimum atomic E-state index is 0.223. The van der Waals surface area contributed by atoms with Gasteiger partial charge in [-0.05, 0) is 36.2 Å². The molecular weight excluding hydrogens is 262 g/mol. The van der Waals surface area contributed by atoms with Crippen LogP contribution < -0.4 is 10.1 Å². The lowest BCUT2D eigenvalue weighted by Crippen LogP contribution is -1.98. The summed E-state index contributed by atoms with van der Waals surface area (Å²) in [5, 5.41) is 3.38. The summed E-state index contributed by atoms with van der Waals surface area (Å²) in [4.78, 5) is 7.91. The standard InChI is InChI=1S/C14H16ClN3O/c1-2-3-9-19-12-6-4-5-11(10-12)17-13-7-8-16-14(15)18-13/h4-8,10H,2-3,9H2,1H3,(H,16,17,18). The Morgan fingerprint density at radius 1 is 1.32 bits per heavy atom. The van der Waals surface area contributed by atoms with Crippen LogP contribution in [0.1, 0.15) is 19.8 Å². The highest BCUT2D eigenvalue weighted by Gasteiger charge is 2.00. The average molecular weight is 278 g/mol. The number of halogens is 1. The van der Waals surface area contributed by atoms with Gasteiger partial charge in [0.15, 0.2) is 0 Å². The van der Waals surface area contributed by atoms with Crippen molar-refractivity contribution < 1.29 is 4.74 Å². The van der Waals surface area contributed by atoms with Crippen LogP contribution in [0.15, 0.2) is 36.5 Å². The number of hydrogen-bond acceptors (Lipinski definition) is 4. The molecule has 0 spiro atoms. The highest BCUT2D eigenvalue weighted by atomic mass is 35.5. The molecule has 0 unspecified atom stereocenters. The molecule has 1 aromatic heterocycles. The number of rotatable bonds is 6. The van der Waals surface area contributed by atoms with Crippen LogP contribution in [-0.4, -0.2) is 16.6 Å². The van der Waals surface area contributed by atoms with Gasteiger partial charge in [-0.1, -0.05) is 19.4 Å². The Balaban J connectivity index is 2.02. The Labute approximate surface area is 117 Å². The molecule has 1 N–H and O–H groups in total. The first-order valence-electron chi connectivity index (χ1n) is 6.26. The summed E-state index contributed by atoms with van der Waals surface area (Å²) < 4.78 is 5.65. The van der Waals surface area contributed by atoms with Crippen molar-refractivity contribution in [2.24, 2.45) is 0 Å². The molecule has 0 atom stereocenters. The van der Waals surface area contributed by atoms with E-state index in [0.717, 1.165) is 30.9 Å². The molecule has 0 fully saturated rings.